The molecule has 0 unspecified atom stereocenters. The van der Waals surface area contributed by atoms with Crippen molar-refractivity contribution in [2.45, 2.75) is 10.0 Å². The van der Waals surface area contributed by atoms with E-state index >= 15 is 0 Å². The number of nitrogens with one attached hydrogen (secondary N) is 1. The highest BCUT2D eigenvalue weighted by Gasteiger charge is 2.32. The third kappa shape index (κ3) is 5.81. The van der Waals surface area contributed by atoms with Gasteiger partial charge in [0.1, 0.15) is 5.75 Å². The second kappa shape index (κ2) is 7.07. The summed E-state index contributed by atoms with van der Waals surface area (Å²) in [5, 5.41) is 12.1. The van der Waals surface area contributed by atoms with Crippen LogP contribution in [0.15, 0.2) is 18.2 Å². The number of amides is 1. The first-order chi connectivity index (χ1) is 8.70. The van der Waals surface area contributed by atoms with Gasteiger partial charge in [-0.3, -0.25) is 4.79 Å². The molecule has 0 aliphatic rings. The number of hydrogen-bond acceptors (Lipinski definition) is 3. The van der Waals surface area contributed by atoms with Crippen LogP contribution < -0.4 is 10.1 Å². The van der Waals surface area contributed by atoms with Gasteiger partial charge in [-0.25, -0.2) is 0 Å². The monoisotopic (exact) mass is 365 g/mol. The fourth-order valence-corrected chi connectivity index (χ4v) is 1.64. The van der Waals surface area contributed by atoms with Gasteiger partial charge < -0.3 is 15.2 Å². The van der Waals surface area contributed by atoms with Crippen LogP contribution in [0.4, 0.5) is 0 Å². The van der Waals surface area contributed by atoms with E-state index in [2.05, 4.69) is 0 Å². The molecular formula is C10H8Cl5NO3. The summed E-state index contributed by atoms with van der Waals surface area (Å²) in [5.41, 5.74) is 0. The van der Waals surface area contributed by atoms with Crippen LogP contribution in [0, 0.1) is 0 Å². The number of hydrogen-bond donors (Lipinski definition) is 2. The van der Waals surface area contributed by atoms with E-state index in [9.17, 15) is 9.90 Å². The zero-order valence-electron chi connectivity index (χ0n) is 9.17. The third-order valence-corrected chi connectivity index (χ3v) is 3.01. The van der Waals surface area contributed by atoms with Crippen molar-refractivity contribution in [3.8, 4) is 5.75 Å². The average molecular weight is 367 g/mol. The van der Waals surface area contributed by atoms with E-state index in [1.54, 1.807) is 6.07 Å². The van der Waals surface area contributed by atoms with Gasteiger partial charge in [0.05, 0.1) is 5.02 Å². The van der Waals surface area contributed by atoms with Gasteiger partial charge in [0.25, 0.3) is 5.91 Å². The molecule has 0 radical (unpaired) electrons. The molecule has 0 fully saturated rings. The van der Waals surface area contributed by atoms with Crippen molar-refractivity contribution >= 4 is 63.9 Å². The molecule has 1 atom stereocenters. The molecule has 0 bridgehead atoms. The SMILES string of the molecule is O=C(COc1ccc(Cl)cc1Cl)N[C@@H](O)C(Cl)(Cl)Cl. The predicted octanol–water partition coefficient (Wildman–Crippen LogP) is 3.18. The van der Waals surface area contributed by atoms with Crippen LogP contribution in [0.3, 0.4) is 0 Å². The molecular weight excluding hydrogens is 359 g/mol. The third-order valence-electron chi connectivity index (χ3n) is 1.86. The molecule has 0 saturated carbocycles. The lowest BCUT2D eigenvalue weighted by atomic mass is 10.3. The van der Waals surface area contributed by atoms with E-state index < -0.39 is 22.5 Å². The van der Waals surface area contributed by atoms with E-state index in [0.29, 0.717) is 5.02 Å². The minimum Gasteiger partial charge on any atom is -0.482 e. The molecule has 0 aliphatic carbocycles. The summed E-state index contributed by atoms with van der Waals surface area (Å²) < 4.78 is 3.10. The predicted molar refractivity (Wildman–Crippen MR) is 76.4 cm³/mol. The highest BCUT2D eigenvalue weighted by molar-refractivity contribution is 6.68. The maximum atomic E-state index is 11.4. The lowest BCUT2D eigenvalue weighted by Gasteiger charge is -2.20. The molecule has 1 amide bonds. The van der Waals surface area contributed by atoms with Crippen LogP contribution in [0.25, 0.3) is 0 Å². The molecule has 2 N–H and O–H groups in total. The molecule has 1 aromatic carbocycles. The van der Waals surface area contributed by atoms with E-state index in [1.807, 2.05) is 5.32 Å². The maximum absolute atomic E-state index is 11.4. The first-order valence-corrected chi connectivity index (χ1v) is 6.71. The Kier molecular flexibility index (Phi) is 6.30. The number of alkyl halides is 3. The Bertz CT molecular complexity index is 463. The van der Waals surface area contributed by atoms with Gasteiger partial charge in [-0.2, -0.15) is 0 Å². The van der Waals surface area contributed by atoms with Gasteiger partial charge in [-0.1, -0.05) is 58.0 Å². The molecule has 0 heterocycles. The van der Waals surface area contributed by atoms with Gasteiger partial charge in [0.2, 0.25) is 3.79 Å². The molecule has 19 heavy (non-hydrogen) atoms. The van der Waals surface area contributed by atoms with Crippen molar-refractivity contribution in [1.82, 2.24) is 5.32 Å². The first-order valence-electron chi connectivity index (χ1n) is 4.82. The molecule has 0 aliphatic heterocycles. The zero-order valence-corrected chi connectivity index (χ0v) is 12.9. The zero-order chi connectivity index (χ0) is 14.6. The second-order valence-electron chi connectivity index (χ2n) is 3.38. The second-order valence-corrected chi connectivity index (χ2v) is 6.59. The van der Waals surface area contributed by atoms with Crippen molar-refractivity contribution < 1.29 is 14.6 Å². The normalized spacial score (nSPS) is 12.9. The number of carbonyl (C=O) groups excluding carboxylic acids is 1. The molecule has 106 valence electrons. The Labute approximate surface area is 134 Å². The Morgan fingerprint density at radius 3 is 2.53 bits per heavy atom. The van der Waals surface area contributed by atoms with Crippen molar-refractivity contribution in [2.75, 3.05) is 6.61 Å². The number of aliphatic hydroxyl groups is 1. The van der Waals surface area contributed by atoms with Crippen LogP contribution in [0.1, 0.15) is 0 Å². The van der Waals surface area contributed by atoms with Gasteiger partial charge in [0.15, 0.2) is 12.8 Å². The maximum Gasteiger partial charge on any atom is 0.260 e. The fraction of sp³-hybridized carbons (Fsp3) is 0.300. The molecule has 0 saturated heterocycles. The highest BCUT2D eigenvalue weighted by Crippen LogP contribution is 2.29. The van der Waals surface area contributed by atoms with Crippen molar-refractivity contribution in [1.29, 1.82) is 0 Å². The number of carbonyl (C=O) groups is 1. The van der Waals surface area contributed by atoms with Gasteiger partial charge >= 0.3 is 0 Å². The van der Waals surface area contributed by atoms with Crippen LogP contribution in [0.2, 0.25) is 10.0 Å². The minimum absolute atomic E-state index is 0.252. The Morgan fingerprint density at radius 2 is 2.00 bits per heavy atom. The minimum atomic E-state index is -2.02. The lowest BCUT2D eigenvalue weighted by Crippen LogP contribution is -2.45. The highest BCUT2D eigenvalue weighted by atomic mass is 35.6. The van der Waals surface area contributed by atoms with E-state index in [4.69, 9.17) is 62.7 Å². The van der Waals surface area contributed by atoms with E-state index in [0.717, 1.165) is 0 Å². The topological polar surface area (TPSA) is 58.6 Å². The van der Waals surface area contributed by atoms with Crippen LogP contribution in [-0.4, -0.2) is 27.6 Å². The first kappa shape index (κ1) is 17.0. The Balaban J connectivity index is 2.51. The summed E-state index contributed by atoms with van der Waals surface area (Å²) in [6.45, 7) is -0.404. The summed E-state index contributed by atoms with van der Waals surface area (Å²) in [6, 6.07) is 4.52. The van der Waals surface area contributed by atoms with E-state index in [-0.39, 0.29) is 10.8 Å². The Morgan fingerprint density at radius 1 is 1.37 bits per heavy atom. The standard InChI is InChI=1S/C10H8Cl5NO3/c11-5-1-2-7(6(12)3-5)19-4-8(17)16-9(18)10(13,14)15/h1-3,9,18H,4H2,(H,16,17)/t9-/m0/s1. The fourth-order valence-electron chi connectivity index (χ4n) is 1.01. The van der Waals surface area contributed by atoms with Crippen LogP contribution in [0.5, 0.6) is 5.75 Å². The summed E-state index contributed by atoms with van der Waals surface area (Å²) in [5.74, 6) is -0.408. The molecule has 9 heteroatoms. The smallest absolute Gasteiger partial charge is 0.260 e. The van der Waals surface area contributed by atoms with Gasteiger partial charge in [-0.05, 0) is 18.2 Å². The summed E-state index contributed by atoms with van der Waals surface area (Å²) in [4.78, 5) is 11.4. The molecule has 1 rings (SSSR count). The summed E-state index contributed by atoms with van der Waals surface area (Å²) in [6.07, 6.45) is -1.64. The summed E-state index contributed by atoms with van der Waals surface area (Å²) >= 11 is 27.7. The molecule has 0 spiro atoms. The summed E-state index contributed by atoms with van der Waals surface area (Å²) in [7, 11) is 0. The average Bonchev–Trinajstić information content (AvgIpc) is 2.26. The van der Waals surface area contributed by atoms with E-state index in [1.165, 1.54) is 12.1 Å². The quantitative estimate of drug-likeness (QED) is 0.635. The number of rotatable bonds is 4. The van der Waals surface area contributed by atoms with Crippen molar-refractivity contribution in [3.05, 3.63) is 28.2 Å². The Hall–Kier alpha value is -0.100. The van der Waals surface area contributed by atoms with Gasteiger partial charge in [0, 0.05) is 5.02 Å². The molecule has 0 aromatic heterocycles. The lowest BCUT2D eigenvalue weighted by molar-refractivity contribution is -0.126. The molecule has 4 nitrogen and oxygen atoms in total. The van der Waals surface area contributed by atoms with Gasteiger partial charge in [-0.15, -0.1) is 0 Å². The largest absolute Gasteiger partial charge is 0.482 e. The van der Waals surface area contributed by atoms with Crippen molar-refractivity contribution in [3.63, 3.8) is 0 Å². The number of aliphatic hydroxyl groups excluding tert-OH is 1. The number of ether oxygens (including phenoxy) is 1. The van der Waals surface area contributed by atoms with Crippen LogP contribution in [-0.2, 0) is 4.79 Å². The van der Waals surface area contributed by atoms with Crippen molar-refractivity contribution in [2.24, 2.45) is 0 Å². The number of halogens is 5. The molecule has 1 aromatic rings. The van der Waals surface area contributed by atoms with Crippen LogP contribution >= 0.6 is 58.0 Å². The number of benzene rings is 1.